The molecule has 0 radical (unpaired) electrons. The van der Waals surface area contributed by atoms with Gasteiger partial charge >= 0.3 is 0 Å². The minimum atomic E-state index is 0. The monoisotopic (exact) mass is 441 g/mol. The van der Waals surface area contributed by atoms with Gasteiger partial charge in [0, 0.05) is 18.2 Å². The van der Waals surface area contributed by atoms with Crippen molar-refractivity contribution in [1.29, 1.82) is 0 Å². The zero-order valence-electron chi connectivity index (χ0n) is 15.5. The van der Waals surface area contributed by atoms with Gasteiger partial charge in [0.05, 0.1) is 10.7 Å². The number of piperidine rings is 1. The molecule has 1 aliphatic heterocycles. The predicted octanol–water partition coefficient (Wildman–Crippen LogP) is 5.12. The van der Waals surface area contributed by atoms with Crippen molar-refractivity contribution in [2.24, 2.45) is 11.3 Å². The standard InChI is InChI=1S/C21H24ClN3O.2ClH/c22-18-12-16(6-7-19(18)24-14-15-4-2-1-3-5-15)25-20(26)17-13-21(17)8-10-23-11-9-21;;/h1-7,12,17,23-24H,8-11,13-14H2,(H,25,26);2*1H. The molecule has 4 rings (SSSR count). The van der Waals surface area contributed by atoms with Crippen molar-refractivity contribution in [2.75, 3.05) is 23.7 Å². The van der Waals surface area contributed by atoms with Gasteiger partial charge in [0.15, 0.2) is 0 Å². The highest BCUT2D eigenvalue weighted by molar-refractivity contribution is 6.33. The summed E-state index contributed by atoms with van der Waals surface area (Å²) in [5, 5.41) is 10.4. The summed E-state index contributed by atoms with van der Waals surface area (Å²) in [7, 11) is 0. The van der Waals surface area contributed by atoms with Crippen LogP contribution >= 0.6 is 36.4 Å². The van der Waals surface area contributed by atoms with E-state index in [0.717, 1.165) is 43.7 Å². The lowest BCUT2D eigenvalue weighted by molar-refractivity contribution is -0.118. The number of halogens is 3. The van der Waals surface area contributed by atoms with E-state index in [1.54, 1.807) is 0 Å². The topological polar surface area (TPSA) is 53.2 Å². The third-order valence-electron chi connectivity index (χ3n) is 5.67. The molecule has 2 fully saturated rings. The average Bonchev–Trinajstić information content (AvgIpc) is 3.35. The van der Waals surface area contributed by atoms with Gasteiger partial charge in [-0.25, -0.2) is 0 Å². The van der Waals surface area contributed by atoms with Gasteiger partial charge in [-0.15, -0.1) is 24.8 Å². The molecular formula is C21H26Cl3N3O. The van der Waals surface area contributed by atoms with Gasteiger partial charge in [-0.3, -0.25) is 4.79 Å². The van der Waals surface area contributed by atoms with Crippen molar-refractivity contribution in [3.8, 4) is 0 Å². The maximum Gasteiger partial charge on any atom is 0.228 e. The summed E-state index contributed by atoms with van der Waals surface area (Å²) in [6, 6.07) is 15.8. The lowest BCUT2D eigenvalue weighted by atomic mass is 9.92. The molecule has 152 valence electrons. The predicted molar refractivity (Wildman–Crippen MR) is 121 cm³/mol. The number of rotatable bonds is 5. The fraction of sp³-hybridized carbons (Fsp3) is 0.381. The molecule has 1 amide bonds. The van der Waals surface area contributed by atoms with Gasteiger partial charge in [-0.1, -0.05) is 41.9 Å². The van der Waals surface area contributed by atoms with E-state index in [2.05, 4.69) is 28.1 Å². The summed E-state index contributed by atoms with van der Waals surface area (Å²) in [6.07, 6.45) is 3.23. The van der Waals surface area contributed by atoms with E-state index < -0.39 is 0 Å². The number of carbonyl (C=O) groups excluding carboxylic acids is 1. The molecule has 1 spiro atoms. The number of benzene rings is 2. The summed E-state index contributed by atoms with van der Waals surface area (Å²) in [4.78, 5) is 12.6. The number of carbonyl (C=O) groups is 1. The Hall–Kier alpha value is -1.46. The molecule has 4 nitrogen and oxygen atoms in total. The van der Waals surface area contributed by atoms with E-state index in [-0.39, 0.29) is 42.1 Å². The van der Waals surface area contributed by atoms with Crippen LogP contribution in [0.1, 0.15) is 24.8 Å². The molecule has 0 aromatic heterocycles. The second-order valence-corrected chi connectivity index (χ2v) is 7.80. The maximum absolute atomic E-state index is 12.6. The minimum Gasteiger partial charge on any atom is -0.380 e. The first kappa shape index (κ1) is 22.8. The summed E-state index contributed by atoms with van der Waals surface area (Å²) in [6.45, 7) is 2.76. The van der Waals surface area contributed by atoms with Crippen LogP contribution in [0.5, 0.6) is 0 Å². The van der Waals surface area contributed by atoms with Gasteiger partial charge in [0.1, 0.15) is 0 Å². The van der Waals surface area contributed by atoms with Crippen LogP contribution < -0.4 is 16.0 Å². The number of hydrogen-bond donors (Lipinski definition) is 3. The second kappa shape index (κ2) is 9.84. The van der Waals surface area contributed by atoms with Crippen molar-refractivity contribution < 1.29 is 4.79 Å². The number of amides is 1. The van der Waals surface area contributed by atoms with Crippen molar-refractivity contribution in [3.63, 3.8) is 0 Å². The molecule has 1 saturated carbocycles. The summed E-state index contributed by atoms with van der Waals surface area (Å²) >= 11 is 6.39. The summed E-state index contributed by atoms with van der Waals surface area (Å²) < 4.78 is 0. The molecule has 1 atom stereocenters. The number of nitrogens with one attached hydrogen (secondary N) is 3. The van der Waals surface area contributed by atoms with Crippen LogP contribution in [-0.2, 0) is 11.3 Å². The largest absolute Gasteiger partial charge is 0.380 e. The molecule has 7 heteroatoms. The summed E-state index contributed by atoms with van der Waals surface area (Å²) in [5.41, 5.74) is 3.08. The maximum atomic E-state index is 12.6. The van der Waals surface area contributed by atoms with Crippen molar-refractivity contribution in [2.45, 2.75) is 25.8 Å². The Morgan fingerprint density at radius 2 is 1.82 bits per heavy atom. The van der Waals surface area contributed by atoms with Crippen LogP contribution in [0.15, 0.2) is 48.5 Å². The lowest BCUT2D eigenvalue weighted by Gasteiger charge is -2.23. The summed E-state index contributed by atoms with van der Waals surface area (Å²) in [5.74, 6) is 0.284. The zero-order valence-corrected chi connectivity index (χ0v) is 17.9. The van der Waals surface area contributed by atoms with E-state index in [4.69, 9.17) is 11.6 Å². The third-order valence-corrected chi connectivity index (χ3v) is 5.98. The highest BCUT2D eigenvalue weighted by Gasteiger charge is 2.57. The van der Waals surface area contributed by atoms with E-state index in [1.165, 1.54) is 5.56 Å². The zero-order chi connectivity index (χ0) is 18.0. The average molecular weight is 443 g/mol. The Labute approximate surface area is 183 Å². The normalized spacial score (nSPS) is 19.1. The van der Waals surface area contributed by atoms with E-state index in [1.807, 2.05) is 36.4 Å². The van der Waals surface area contributed by atoms with E-state index >= 15 is 0 Å². The molecule has 0 bridgehead atoms. The lowest BCUT2D eigenvalue weighted by Crippen LogP contribution is -2.31. The molecule has 28 heavy (non-hydrogen) atoms. The molecular weight excluding hydrogens is 417 g/mol. The van der Waals surface area contributed by atoms with Crippen molar-refractivity contribution >= 4 is 53.7 Å². The SMILES string of the molecule is Cl.Cl.O=C(Nc1ccc(NCc2ccccc2)c(Cl)c1)C1CC12CCNCC2. The smallest absolute Gasteiger partial charge is 0.228 e. The van der Waals surface area contributed by atoms with Gasteiger partial charge in [0.2, 0.25) is 5.91 Å². The van der Waals surface area contributed by atoms with Crippen LogP contribution in [0.2, 0.25) is 5.02 Å². The van der Waals surface area contributed by atoms with Gasteiger partial charge in [0.25, 0.3) is 0 Å². The Morgan fingerprint density at radius 1 is 1.11 bits per heavy atom. The van der Waals surface area contributed by atoms with Gasteiger partial charge < -0.3 is 16.0 Å². The Balaban J connectivity index is 0.00000140. The van der Waals surface area contributed by atoms with Crippen LogP contribution in [0.25, 0.3) is 0 Å². The fourth-order valence-corrected chi connectivity index (χ4v) is 4.20. The molecule has 2 aromatic rings. The molecule has 1 unspecified atom stereocenters. The Morgan fingerprint density at radius 3 is 2.50 bits per heavy atom. The molecule has 2 aromatic carbocycles. The Bertz CT molecular complexity index is 795. The fourth-order valence-electron chi connectivity index (χ4n) is 3.95. The van der Waals surface area contributed by atoms with Gasteiger partial charge in [-0.2, -0.15) is 0 Å². The highest BCUT2D eigenvalue weighted by Crippen LogP contribution is 2.58. The van der Waals surface area contributed by atoms with Gasteiger partial charge in [-0.05, 0) is 61.5 Å². The highest BCUT2D eigenvalue weighted by atomic mass is 35.5. The van der Waals surface area contributed by atoms with Crippen LogP contribution in [-0.4, -0.2) is 19.0 Å². The third kappa shape index (κ3) is 5.12. The van der Waals surface area contributed by atoms with Crippen LogP contribution in [0.3, 0.4) is 0 Å². The first-order valence-electron chi connectivity index (χ1n) is 9.25. The first-order chi connectivity index (χ1) is 12.7. The van der Waals surface area contributed by atoms with Crippen molar-refractivity contribution in [3.05, 3.63) is 59.1 Å². The molecule has 1 aliphatic carbocycles. The molecule has 1 saturated heterocycles. The first-order valence-corrected chi connectivity index (χ1v) is 9.63. The van der Waals surface area contributed by atoms with E-state index in [9.17, 15) is 4.79 Å². The van der Waals surface area contributed by atoms with Crippen LogP contribution in [0.4, 0.5) is 11.4 Å². The number of anilines is 2. The Kier molecular flexibility index (Phi) is 8.02. The molecule has 3 N–H and O–H groups in total. The molecule has 1 heterocycles. The quantitative estimate of drug-likeness (QED) is 0.602. The van der Waals surface area contributed by atoms with E-state index in [0.29, 0.717) is 11.6 Å². The second-order valence-electron chi connectivity index (χ2n) is 7.39. The molecule has 2 aliphatic rings. The van der Waals surface area contributed by atoms with Crippen LogP contribution in [0, 0.1) is 11.3 Å². The minimum absolute atomic E-state index is 0. The number of hydrogen-bond acceptors (Lipinski definition) is 3. The van der Waals surface area contributed by atoms with Crippen molar-refractivity contribution in [1.82, 2.24) is 5.32 Å².